The Bertz CT molecular complexity index is 802. The molecule has 15 heteroatoms. The maximum Gasteiger partial charge on any atom is 0.326 e. The van der Waals surface area contributed by atoms with Crippen molar-refractivity contribution in [2.75, 3.05) is 0 Å². The molecule has 0 spiro atoms. The van der Waals surface area contributed by atoms with Crippen molar-refractivity contribution in [2.45, 2.75) is 70.1 Å². The molecule has 0 saturated heterocycles. The Balaban J connectivity index is 5.65. The number of carboxylic acids is 3. The lowest BCUT2D eigenvalue weighted by atomic mass is 9.99. The topological polar surface area (TPSA) is 268 Å². The van der Waals surface area contributed by atoms with E-state index in [-0.39, 0.29) is 5.92 Å². The van der Waals surface area contributed by atoms with Crippen molar-refractivity contribution in [3.63, 3.8) is 0 Å². The predicted molar refractivity (Wildman–Crippen MR) is 114 cm³/mol. The minimum absolute atomic E-state index is 0.270. The molecule has 15 nitrogen and oxygen atoms in total. The normalized spacial score (nSPS) is 15.0. The van der Waals surface area contributed by atoms with Crippen molar-refractivity contribution in [3.8, 4) is 0 Å². The van der Waals surface area contributed by atoms with E-state index < -0.39 is 91.4 Å². The number of amides is 4. The van der Waals surface area contributed by atoms with Gasteiger partial charge in [0.2, 0.25) is 23.6 Å². The third-order valence-electron chi connectivity index (χ3n) is 4.87. The van der Waals surface area contributed by atoms with E-state index in [0.717, 1.165) is 0 Å². The van der Waals surface area contributed by atoms with Crippen molar-refractivity contribution >= 4 is 41.5 Å². The molecule has 34 heavy (non-hydrogen) atoms. The molecule has 4 amide bonds. The summed E-state index contributed by atoms with van der Waals surface area (Å²) >= 11 is 0. The van der Waals surface area contributed by atoms with E-state index in [1.807, 2.05) is 5.32 Å². The number of rotatable bonds is 16. The van der Waals surface area contributed by atoms with Crippen LogP contribution in [0.4, 0.5) is 0 Å². The van der Waals surface area contributed by atoms with Gasteiger partial charge in [0.05, 0.1) is 18.9 Å². The molecule has 10 N–H and O–H groups in total. The van der Waals surface area contributed by atoms with Gasteiger partial charge in [-0.2, -0.15) is 0 Å². The van der Waals surface area contributed by atoms with Crippen molar-refractivity contribution in [1.82, 2.24) is 16.0 Å². The van der Waals surface area contributed by atoms with Crippen LogP contribution in [0.25, 0.3) is 0 Å². The molecule has 0 bridgehead atoms. The SMILES string of the molecule is CCC(C)C(N)C(=O)NC(CC(N)=O)C(=O)NC(CCC(=O)O)C(=O)NC(CC(=O)O)C(=O)O. The zero-order valence-electron chi connectivity index (χ0n) is 18.8. The van der Waals surface area contributed by atoms with Crippen molar-refractivity contribution in [3.05, 3.63) is 0 Å². The second-order valence-corrected chi connectivity index (χ2v) is 7.63. The summed E-state index contributed by atoms with van der Waals surface area (Å²) in [5.74, 6) is -8.81. The molecule has 0 aliphatic heterocycles. The van der Waals surface area contributed by atoms with Gasteiger partial charge in [-0.1, -0.05) is 20.3 Å². The Labute approximate surface area is 194 Å². The van der Waals surface area contributed by atoms with Crippen molar-refractivity contribution in [2.24, 2.45) is 17.4 Å². The fraction of sp³-hybridized carbons (Fsp3) is 0.632. The van der Waals surface area contributed by atoms with E-state index >= 15 is 0 Å². The molecule has 0 radical (unpaired) electrons. The number of hydrogen-bond donors (Lipinski definition) is 8. The quantitative estimate of drug-likeness (QED) is 0.109. The molecule has 0 aliphatic carbocycles. The number of hydrogen-bond acceptors (Lipinski definition) is 8. The number of nitrogens with one attached hydrogen (secondary N) is 3. The Morgan fingerprint density at radius 2 is 1.26 bits per heavy atom. The first-order valence-corrected chi connectivity index (χ1v) is 10.3. The van der Waals surface area contributed by atoms with Crippen molar-refractivity contribution < 1.29 is 48.9 Å². The summed E-state index contributed by atoms with van der Waals surface area (Å²) in [5, 5.41) is 33.1. The van der Waals surface area contributed by atoms with Gasteiger partial charge in [-0.25, -0.2) is 4.79 Å². The highest BCUT2D eigenvalue weighted by molar-refractivity contribution is 5.96. The second-order valence-electron chi connectivity index (χ2n) is 7.63. The first kappa shape index (κ1) is 30.2. The summed E-state index contributed by atoms with van der Waals surface area (Å²) in [5.41, 5.74) is 10.9. The monoisotopic (exact) mass is 489 g/mol. The third-order valence-corrected chi connectivity index (χ3v) is 4.87. The van der Waals surface area contributed by atoms with Crippen LogP contribution in [0.15, 0.2) is 0 Å². The van der Waals surface area contributed by atoms with E-state index in [4.69, 9.17) is 26.8 Å². The lowest BCUT2D eigenvalue weighted by Crippen LogP contribution is -2.58. The zero-order valence-corrected chi connectivity index (χ0v) is 18.8. The van der Waals surface area contributed by atoms with E-state index in [1.165, 1.54) is 0 Å². The molecule has 0 rings (SSSR count). The summed E-state index contributed by atoms with van der Waals surface area (Å²) in [7, 11) is 0. The molecule has 0 aliphatic rings. The Hall–Kier alpha value is -3.75. The number of carbonyl (C=O) groups is 7. The van der Waals surface area contributed by atoms with Crippen LogP contribution in [0.5, 0.6) is 0 Å². The lowest BCUT2D eigenvalue weighted by molar-refractivity contribution is -0.147. The highest BCUT2D eigenvalue weighted by Gasteiger charge is 2.32. The number of carbonyl (C=O) groups excluding carboxylic acids is 4. The molecule has 0 aromatic heterocycles. The summed E-state index contributed by atoms with van der Waals surface area (Å²) in [6, 6.07) is -6.07. The lowest BCUT2D eigenvalue weighted by Gasteiger charge is -2.25. The summed E-state index contributed by atoms with van der Waals surface area (Å²) < 4.78 is 0. The summed E-state index contributed by atoms with van der Waals surface area (Å²) in [6.45, 7) is 3.47. The van der Waals surface area contributed by atoms with Gasteiger partial charge in [0, 0.05) is 6.42 Å². The zero-order chi connectivity index (χ0) is 26.6. The highest BCUT2D eigenvalue weighted by atomic mass is 16.4. The minimum atomic E-state index is -1.86. The second kappa shape index (κ2) is 14.4. The van der Waals surface area contributed by atoms with Gasteiger partial charge in [0.1, 0.15) is 18.1 Å². The van der Waals surface area contributed by atoms with Crippen LogP contribution in [0, 0.1) is 5.92 Å². The van der Waals surface area contributed by atoms with Gasteiger partial charge in [-0.3, -0.25) is 28.8 Å². The van der Waals surface area contributed by atoms with Crippen LogP contribution >= 0.6 is 0 Å². The van der Waals surface area contributed by atoms with Gasteiger partial charge in [-0.05, 0) is 12.3 Å². The largest absolute Gasteiger partial charge is 0.481 e. The standard InChI is InChI=1S/C19H31N5O10/c1-3-8(2)15(21)18(32)23-10(6-12(20)25)17(31)22-9(4-5-13(26)27)16(30)24-11(19(33)34)7-14(28)29/h8-11,15H,3-7,21H2,1-2H3,(H2,20,25)(H,22,31)(H,23,32)(H,24,30)(H,26,27)(H,28,29)(H,33,34). The molecule has 0 aromatic carbocycles. The van der Waals surface area contributed by atoms with Crippen LogP contribution in [-0.2, 0) is 33.6 Å². The molecule has 0 aromatic rings. The van der Waals surface area contributed by atoms with Gasteiger partial charge in [0.25, 0.3) is 0 Å². The van der Waals surface area contributed by atoms with Crippen LogP contribution in [-0.4, -0.2) is 81.0 Å². The van der Waals surface area contributed by atoms with Crippen LogP contribution < -0.4 is 27.4 Å². The molecule has 0 heterocycles. The number of nitrogens with two attached hydrogens (primary N) is 2. The Morgan fingerprint density at radius 1 is 0.765 bits per heavy atom. The maximum atomic E-state index is 12.7. The van der Waals surface area contributed by atoms with Crippen LogP contribution in [0.1, 0.15) is 46.0 Å². The fourth-order valence-corrected chi connectivity index (χ4v) is 2.65. The minimum Gasteiger partial charge on any atom is -0.481 e. The smallest absolute Gasteiger partial charge is 0.326 e. The first-order chi connectivity index (χ1) is 15.7. The maximum absolute atomic E-state index is 12.7. The molecule has 192 valence electrons. The summed E-state index contributed by atoms with van der Waals surface area (Å²) in [6.07, 6.45) is -2.24. The van der Waals surface area contributed by atoms with Gasteiger partial charge in [0.15, 0.2) is 0 Å². The number of primary amides is 1. The molecule has 5 atom stereocenters. The van der Waals surface area contributed by atoms with Crippen LogP contribution in [0.2, 0.25) is 0 Å². The first-order valence-electron chi connectivity index (χ1n) is 10.3. The average molecular weight is 489 g/mol. The van der Waals surface area contributed by atoms with Gasteiger partial charge >= 0.3 is 17.9 Å². The van der Waals surface area contributed by atoms with E-state index in [9.17, 15) is 33.6 Å². The molecular weight excluding hydrogens is 458 g/mol. The molecule has 0 fully saturated rings. The number of carboxylic acid groups (broad SMARTS) is 3. The van der Waals surface area contributed by atoms with E-state index in [2.05, 4.69) is 10.6 Å². The molecule has 5 unspecified atom stereocenters. The predicted octanol–water partition coefficient (Wildman–Crippen LogP) is -2.89. The van der Waals surface area contributed by atoms with Crippen LogP contribution in [0.3, 0.4) is 0 Å². The van der Waals surface area contributed by atoms with E-state index in [0.29, 0.717) is 6.42 Å². The summed E-state index contributed by atoms with van der Waals surface area (Å²) in [4.78, 5) is 81.9. The molecule has 0 saturated carbocycles. The third kappa shape index (κ3) is 11.2. The molecular formula is C19H31N5O10. The Morgan fingerprint density at radius 3 is 1.71 bits per heavy atom. The van der Waals surface area contributed by atoms with Crippen molar-refractivity contribution in [1.29, 1.82) is 0 Å². The van der Waals surface area contributed by atoms with E-state index in [1.54, 1.807) is 13.8 Å². The van der Waals surface area contributed by atoms with Gasteiger partial charge < -0.3 is 42.7 Å². The van der Waals surface area contributed by atoms with Gasteiger partial charge in [-0.15, -0.1) is 0 Å². The fourth-order valence-electron chi connectivity index (χ4n) is 2.65. The average Bonchev–Trinajstić information content (AvgIpc) is 2.73. The number of aliphatic carboxylic acids is 3. The Kier molecular flexibility index (Phi) is 12.8. The highest BCUT2D eigenvalue weighted by Crippen LogP contribution is 2.07.